The van der Waals surface area contributed by atoms with E-state index >= 15 is 0 Å². The van der Waals surface area contributed by atoms with Gasteiger partial charge in [-0.25, -0.2) is 15.0 Å². The van der Waals surface area contributed by atoms with Crippen LogP contribution in [-0.2, 0) is 0 Å². The number of aromatic nitrogens is 3. The van der Waals surface area contributed by atoms with Crippen LogP contribution in [0.2, 0.25) is 0 Å². The van der Waals surface area contributed by atoms with Gasteiger partial charge in [0, 0.05) is 30.6 Å². The Balaban J connectivity index is 1.95. The molecule has 0 atom stereocenters. The number of oxazole rings is 1. The van der Waals surface area contributed by atoms with Crippen LogP contribution in [-0.4, -0.2) is 21.5 Å². The molecule has 0 aliphatic carbocycles. The third kappa shape index (κ3) is 2.80. The predicted octanol–water partition coefficient (Wildman–Crippen LogP) is 3.91. The van der Waals surface area contributed by atoms with Crippen molar-refractivity contribution in [3.05, 3.63) is 35.3 Å². The van der Waals surface area contributed by atoms with Crippen molar-refractivity contribution in [1.29, 1.82) is 0 Å². The minimum Gasteiger partial charge on any atom is -0.439 e. The molecule has 0 saturated heterocycles. The number of pyridine rings is 1. The van der Waals surface area contributed by atoms with Gasteiger partial charge in [-0.15, -0.1) is 11.3 Å². The quantitative estimate of drug-likeness (QED) is 0.791. The molecule has 3 heterocycles. The second-order valence-corrected chi connectivity index (χ2v) is 5.50. The molecular weight excluding hydrogens is 284 g/mol. The third-order valence-corrected chi connectivity index (χ3v) is 3.90. The number of nitrogens with zero attached hydrogens (tertiary/aromatic N) is 3. The van der Waals surface area contributed by atoms with E-state index in [9.17, 15) is 0 Å². The molecule has 0 fully saturated rings. The Hall–Kier alpha value is -2.21. The van der Waals surface area contributed by atoms with Crippen molar-refractivity contribution in [2.24, 2.45) is 0 Å². The first kappa shape index (κ1) is 13.8. The SMILES string of the molecule is CCNc1cc(-c2nc(-c3oc(C)nc3C)cs2)ccn1. The lowest BCUT2D eigenvalue weighted by atomic mass is 10.2. The van der Waals surface area contributed by atoms with Crippen LogP contribution >= 0.6 is 11.3 Å². The summed E-state index contributed by atoms with van der Waals surface area (Å²) >= 11 is 1.59. The molecule has 5 nitrogen and oxygen atoms in total. The Morgan fingerprint density at radius 2 is 2.14 bits per heavy atom. The highest BCUT2D eigenvalue weighted by molar-refractivity contribution is 7.13. The predicted molar refractivity (Wildman–Crippen MR) is 84.5 cm³/mol. The van der Waals surface area contributed by atoms with E-state index in [-0.39, 0.29) is 0 Å². The van der Waals surface area contributed by atoms with Gasteiger partial charge in [-0.05, 0) is 26.0 Å². The van der Waals surface area contributed by atoms with Gasteiger partial charge in [-0.1, -0.05) is 0 Å². The van der Waals surface area contributed by atoms with Gasteiger partial charge in [-0.2, -0.15) is 0 Å². The molecule has 0 amide bonds. The fourth-order valence-electron chi connectivity index (χ4n) is 2.12. The maximum absolute atomic E-state index is 5.62. The van der Waals surface area contributed by atoms with E-state index in [1.165, 1.54) is 0 Å². The van der Waals surface area contributed by atoms with Crippen molar-refractivity contribution in [3.63, 3.8) is 0 Å². The third-order valence-electron chi connectivity index (χ3n) is 3.01. The number of hydrogen-bond acceptors (Lipinski definition) is 6. The number of nitrogens with one attached hydrogen (secondary N) is 1. The highest BCUT2D eigenvalue weighted by Gasteiger charge is 2.14. The zero-order valence-electron chi connectivity index (χ0n) is 12.2. The first-order chi connectivity index (χ1) is 10.2. The second-order valence-electron chi connectivity index (χ2n) is 4.65. The zero-order chi connectivity index (χ0) is 14.8. The zero-order valence-corrected chi connectivity index (χ0v) is 13.0. The largest absolute Gasteiger partial charge is 0.439 e. The summed E-state index contributed by atoms with van der Waals surface area (Å²) in [5.74, 6) is 2.27. The van der Waals surface area contributed by atoms with E-state index in [1.54, 1.807) is 17.5 Å². The monoisotopic (exact) mass is 300 g/mol. The molecule has 21 heavy (non-hydrogen) atoms. The van der Waals surface area contributed by atoms with Crippen molar-refractivity contribution in [1.82, 2.24) is 15.0 Å². The Morgan fingerprint density at radius 3 is 2.86 bits per heavy atom. The minimum atomic E-state index is 0.662. The first-order valence-electron chi connectivity index (χ1n) is 6.77. The molecule has 0 radical (unpaired) electrons. The molecule has 0 aliphatic rings. The van der Waals surface area contributed by atoms with Crippen molar-refractivity contribution >= 4 is 17.2 Å². The van der Waals surface area contributed by atoms with Crippen LogP contribution in [0.25, 0.3) is 22.0 Å². The maximum Gasteiger partial charge on any atom is 0.192 e. The number of thiazole rings is 1. The molecule has 0 aliphatic heterocycles. The maximum atomic E-state index is 5.62. The molecule has 0 spiro atoms. The summed E-state index contributed by atoms with van der Waals surface area (Å²) in [6.45, 7) is 6.66. The lowest BCUT2D eigenvalue weighted by Gasteiger charge is -2.02. The molecule has 1 N–H and O–H groups in total. The number of aryl methyl sites for hydroxylation is 2. The Labute approximate surface area is 127 Å². The summed E-state index contributed by atoms with van der Waals surface area (Å²) in [4.78, 5) is 13.2. The molecular formula is C15H16N4OS. The molecule has 3 aromatic rings. The number of hydrogen-bond donors (Lipinski definition) is 1. The Kier molecular flexibility index (Phi) is 3.70. The van der Waals surface area contributed by atoms with Crippen LogP contribution in [0.15, 0.2) is 28.1 Å². The lowest BCUT2D eigenvalue weighted by molar-refractivity contribution is 0.532. The Morgan fingerprint density at radius 1 is 1.29 bits per heavy atom. The first-order valence-corrected chi connectivity index (χ1v) is 7.65. The van der Waals surface area contributed by atoms with Gasteiger partial charge in [0.15, 0.2) is 11.7 Å². The molecule has 0 aromatic carbocycles. The van der Waals surface area contributed by atoms with Gasteiger partial charge >= 0.3 is 0 Å². The Bertz CT molecular complexity index is 763. The van der Waals surface area contributed by atoms with E-state index in [0.29, 0.717) is 5.89 Å². The summed E-state index contributed by atoms with van der Waals surface area (Å²) in [5, 5.41) is 6.15. The summed E-state index contributed by atoms with van der Waals surface area (Å²) < 4.78 is 5.62. The van der Waals surface area contributed by atoms with Crippen LogP contribution in [0.4, 0.5) is 5.82 Å². The van der Waals surface area contributed by atoms with Crippen molar-refractivity contribution in [2.75, 3.05) is 11.9 Å². The number of anilines is 1. The van der Waals surface area contributed by atoms with Gasteiger partial charge in [0.25, 0.3) is 0 Å². The summed E-state index contributed by atoms with van der Waals surface area (Å²) in [6, 6.07) is 3.96. The van der Waals surface area contributed by atoms with E-state index in [2.05, 4.69) is 20.3 Å². The average molecular weight is 300 g/mol. The van der Waals surface area contributed by atoms with E-state index in [4.69, 9.17) is 4.42 Å². The standard InChI is InChI=1S/C15H16N4OS/c1-4-16-13-7-11(5-6-17-13)15-19-12(8-21-15)14-9(2)18-10(3)20-14/h5-8H,4H2,1-3H3,(H,16,17). The normalized spacial score (nSPS) is 10.8. The van der Waals surface area contributed by atoms with E-state index in [1.807, 2.05) is 38.3 Å². The van der Waals surface area contributed by atoms with Gasteiger partial charge < -0.3 is 9.73 Å². The molecule has 3 rings (SSSR count). The minimum absolute atomic E-state index is 0.662. The van der Waals surface area contributed by atoms with E-state index in [0.717, 1.165) is 40.1 Å². The van der Waals surface area contributed by atoms with Crippen molar-refractivity contribution < 1.29 is 4.42 Å². The molecule has 0 unspecified atom stereocenters. The molecule has 0 saturated carbocycles. The summed E-state index contributed by atoms with van der Waals surface area (Å²) in [7, 11) is 0. The highest BCUT2D eigenvalue weighted by atomic mass is 32.1. The van der Waals surface area contributed by atoms with Gasteiger partial charge in [-0.3, -0.25) is 0 Å². The highest BCUT2D eigenvalue weighted by Crippen LogP contribution is 2.31. The van der Waals surface area contributed by atoms with Crippen LogP contribution in [0.1, 0.15) is 18.5 Å². The van der Waals surface area contributed by atoms with Crippen LogP contribution in [0.3, 0.4) is 0 Å². The number of rotatable bonds is 4. The fraction of sp³-hybridized carbons (Fsp3) is 0.267. The van der Waals surface area contributed by atoms with Crippen LogP contribution in [0.5, 0.6) is 0 Å². The second kappa shape index (κ2) is 5.65. The smallest absolute Gasteiger partial charge is 0.192 e. The summed E-state index contributed by atoms with van der Waals surface area (Å²) in [6.07, 6.45) is 1.79. The van der Waals surface area contributed by atoms with E-state index < -0.39 is 0 Å². The van der Waals surface area contributed by atoms with Crippen LogP contribution in [0, 0.1) is 13.8 Å². The van der Waals surface area contributed by atoms with Gasteiger partial charge in [0.2, 0.25) is 0 Å². The topological polar surface area (TPSA) is 63.8 Å². The van der Waals surface area contributed by atoms with Gasteiger partial charge in [0.05, 0.1) is 5.69 Å². The average Bonchev–Trinajstić information content (AvgIpc) is 3.06. The van der Waals surface area contributed by atoms with Gasteiger partial charge in [0.1, 0.15) is 16.5 Å². The molecule has 3 aromatic heterocycles. The van der Waals surface area contributed by atoms with Crippen molar-refractivity contribution in [3.8, 4) is 22.0 Å². The summed E-state index contributed by atoms with van der Waals surface area (Å²) in [5.41, 5.74) is 2.74. The molecule has 108 valence electrons. The van der Waals surface area contributed by atoms with Crippen LogP contribution < -0.4 is 5.32 Å². The molecule has 6 heteroatoms. The fourth-order valence-corrected chi connectivity index (χ4v) is 2.92. The van der Waals surface area contributed by atoms with Crippen molar-refractivity contribution in [2.45, 2.75) is 20.8 Å². The lowest BCUT2D eigenvalue weighted by Crippen LogP contribution is -1.98. The molecule has 0 bridgehead atoms.